The third kappa shape index (κ3) is 5.32. The molecule has 1 fully saturated rings. The zero-order valence-corrected chi connectivity index (χ0v) is 10.2. The lowest BCUT2D eigenvalue weighted by atomic mass is 10.2. The van der Waals surface area contributed by atoms with Gasteiger partial charge in [-0.1, -0.05) is 12.8 Å². The van der Waals surface area contributed by atoms with E-state index in [-0.39, 0.29) is 0 Å². The molecule has 0 saturated heterocycles. The van der Waals surface area contributed by atoms with Crippen molar-refractivity contribution in [3.05, 3.63) is 0 Å². The largest absolute Gasteiger partial charge is 0.385 e. The number of methoxy groups -OCH3 is 1. The number of hydrazine groups is 1. The minimum Gasteiger partial charge on any atom is -0.385 e. The average molecular weight is 228 g/mol. The van der Waals surface area contributed by atoms with E-state index in [0.29, 0.717) is 6.04 Å². The zero-order valence-electron chi connectivity index (χ0n) is 10.2. The first kappa shape index (κ1) is 13.3. The number of ether oxygens (including phenoxy) is 1. The molecular formula is C11H24N4O. The average Bonchev–Trinajstić information content (AvgIpc) is 2.80. The summed E-state index contributed by atoms with van der Waals surface area (Å²) in [6.45, 7) is 1.60. The van der Waals surface area contributed by atoms with Crippen molar-refractivity contribution in [2.45, 2.75) is 44.6 Å². The van der Waals surface area contributed by atoms with Crippen molar-refractivity contribution in [1.29, 1.82) is 0 Å². The van der Waals surface area contributed by atoms with Crippen molar-refractivity contribution < 1.29 is 4.74 Å². The number of nitrogens with one attached hydrogen (secondary N) is 2. The van der Waals surface area contributed by atoms with Crippen LogP contribution in [0.25, 0.3) is 0 Å². The second-order valence-corrected chi connectivity index (χ2v) is 4.20. The van der Waals surface area contributed by atoms with Gasteiger partial charge in [0.05, 0.1) is 0 Å². The van der Waals surface area contributed by atoms with Gasteiger partial charge in [0.2, 0.25) is 5.96 Å². The van der Waals surface area contributed by atoms with Crippen LogP contribution < -0.4 is 16.6 Å². The standard InChI is InChI=1S/C11H24N4O/c1-16-9-5-4-8-13-11(15-12)14-10-6-2-3-7-10/h10H,2-9,12H2,1H3,(H2,13,14,15). The van der Waals surface area contributed by atoms with Gasteiger partial charge >= 0.3 is 0 Å². The normalized spacial score (nSPS) is 17.8. The fourth-order valence-corrected chi connectivity index (χ4v) is 1.95. The summed E-state index contributed by atoms with van der Waals surface area (Å²) in [6.07, 6.45) is 7.15. The highest BCUT2D eigenvalue weighted by molar-refractivity contribution is 5.79. The molecule has 5 heteroatoms. The first-order valence-electron chi connectivity index (χ1n) is 6.13. The maximum Gasteiger partial charge on any atom is 0.205 e. The van der Waals surface area contributed by atoms with E-state index in [1.807, 2.05) is 0 Å². The fourth-order valence-electron chi connectivity index (χ4n) is 1.95. The summed E-state index contributed by atoms with van der Waals surface area (Å²) in [5, 5.41) is 3.34. The van der Waals surface area contributed by atoms with Gasteiger partial charge < -0.3 is 10.1 Å². The van der Waals surface area contributed by atoms with Crippen LogP contribution in [0.1, 0.15) is 38.5 Å². The van der Waals surface area contributed by atoms with E-state index in [9.17, 15) is 0 Å². The first-order chi connectivity index (χ1) is 7.86. The predicted molar refractivity (Wildman–Crippen MR) is 66.1 cm³/mol. The molecule has 1 aliphatic carbocycles. The molecule has 0 aliphatic heterocycles. The van der Waals surface area contributed by atoms with Crippen LogP contribution in [-0.2, 0) is 4.74 Å². The SMILES string of the molecule is COCCCCN=C(NN)NC1CCCC1. The molecule has 16 heavy (non-hydrogen) atoms. The smallest absolute Gasteiger partial charge is 0.205 e. The Morgan fingerprint density at radius 2 is 2.12 bits per heavy atom. The van der Waals surface area contributed by atoms with Crippen molar-refractivity contribution in [3.8, 4) is 0 Å². The van der Waals surface area contributed by atoms with E-state index in [4.69, 9.17) is 10.6 Å². The number of nitrogens with zero attached hydrogens (tertiary/aromatic N) is 1. The van der Waals surface area contributed by atoms with E-state index in [0.717, 1.165) is 32.0 Å². The number of guanidine groups is 1. The molecule has 1 saturated carbocycles. The van der Waals surface area contributed by atoms with E-state index in [2.05, 4.69) is 15.7 Å². The van der Waals surface area contributed by atoms with Crippen LogP contribution in [0.2, 0.25) is 0 Å². The first-order valence-corrected chi connectivity index (χ1v) is 6.13. The van der Waals surface area contributed by atoms with Crippen molar-refractivity contribution in [3.63, 3.8) is 0 Å². The Labute approximate surface area is 97.8 Å². The second-order valence-electron chi connectivity index (χ2n) is 4.20. The molecule has 0 atom stereocenters. The molecule has 0 spiro atoms. The number of unbranched alkanes of at least 4 members (excludes halogenated alkanes) is 1. The molecule has 0 amide bonds. The van der Waals surface area contributed by atoms with Gasteiger partial charge in [-0.05, 0) is 25.7 Å². The molecule has 1 aliphatic rings. The van der Waals surface area contributed by atoms with Crippen molar-refractivity contribution >= 4 is 5.96 Å². The maximum atomic E-state index is 5.42. The summed E-state index contributed by atoms with van der Waals surface area (Å²) in [7, 11) is 1.72. The topological polar surface area (TPSA) is 71.7 Å². The highest BCUT2D eigenvalue weighted by Crippen LogP contribution is 2.17. The third-order valence-corrected chi connectivity index (χ3v) is 2.86. The zero-order chi connectivity index (χ0) is 11.6. The van der Waals surface area contributed by atoms with E-state index in [1.165, 1.54) is 25.7 Å². The molecule has 0 aromatic heterocycles. The summed E-state index contributed by atoms with van der Waals surface area (Å²) >= 11 is 0. The molecule has 1 rings (SSSR count). The third-order valence-electron chi connectivity index (χ3n) is 2.86. The number of rotatable bonds is 6. The van der Waals surface area contributed by atoms with Crippen molar-refractivity contribution in [2.75, 3.05) is 20.3 Å². The number of hydrogen-bond acceptors (Lipinski definition) is 3. The van der Waals surface area contributed by atoms with Crippen LogP contribution in [0.4, 0.5) is 0 Å². The molecule has 5 nitrogen and oxygen atoms in total. The molecule has 94 valence electrons. The summed E-state index contributed by atoms with van der Waals surface area (Å²) in [4.78, 5) is 4.39. The predicted octanol–water partition coefficient (Wildman–Crippen LogP) is 0.765. The van der Waals surface area contributed by atoms with Gasteiger partial charge in [-0.25, -0.2) is 5.84 Å². The van der Waals surface area contributed by atoms with Crippen LogP contribution >= 0.6 is 0 Å². The highest BCUT2D eigenvalue weighted by atomic mass is 16.5. The molecule has 0 aromatic carbocycles. The maximum absolute atomic E-state index is 5.42. The molecule has 0 bridgehead atoms. The van der Waals surface area contributed by atoms with Gasteiger partial charge in [-0.2, -0.15) is 0 Å². The second kappa shape index (κ2) is 8.35. The lowest BCUT2D eigenvalue weighted by molar-refractivity contribution is 0.193. The van der Waals surface area contributed by atoms with Crippen LogP contribution in [0.3, 0.4) is 0 Å². The summed E-state index contributed by atoms with van der Waals surface area (Å²) in [5.74, 6) is 6.15. The monoisotopic (exact) mass is 228 g/mol. The van der Waals surface area contributed by atoms with E-state index >= 15 is 0 Å². The van der Waals surface area contributed by atoms with Gasteiger partial charge in [0, 0.05) is 26.3 Å². The quantitative estimate of drug-likeness (QED) is 0.206. The summed E-state index contributed by atoms with van der Waals surface area (Å²) < 4.78 is 4.98. The fraction of sp³-hybridized carbons (Fsp3) is 0.909. The Morgan fingerprint density at radius 3 is 2.75 bits per heavy atom. The lowest BCUT2D eigenvalue weighted by Crippen LogP contribution is -2.45. The van der Waals surface area contributed by atoms with Crippen LogP contribution in [-0.4, -0.2) is 32.3 Å². The van der Waals surface area contributed by atoms with Crippen LogP contribution in [0, 0.1) is 0 Å². The number of hydrogen-bond donors (Lipinski definition) is 3. The Balaban J connectivity index is 2.15. The molecule has 4 N–H and O–H groups in total. The van der Waals surface area contributed by atoms with Crippen LogP contribution in [0.5, 0.6) is 0 Å². The van der Waals surface area contributed by atoms with Crippen molar-refractivity contribution in [2.24, 2.45) is 10.8 Å². The summed E-state index contributed by atoms with van der Waals surface area (Å²) in [6, 6.07) is 0.550. The lowest BCUT2D eigenvalue weighted by Gasteiger charge is -2.14. The molecule has 0 radical (unpaired) electrons. The minimum atomic E-state index is 0.550. The van der Waals surface area contributed by atoms with E-state index in [1.54, 1.807) is 7.11 Å². The van der Waals surface area contributed by atoms with Gasteiger partial charge in [-0.15, -0.1) is 0 Å². The molecular weight excluding hydrogens is 204 g/mol. The minimum absolute atomic E-state index is 0.550. The van der Waals surface area contributed by atoms with Gasteiger partial charge in [0.15, 0.2) is 0 Å². The molecule has 0 unspecified atom stereocenters. The van der Waals surface area contributed by atoms with Crippen molar-refractivity contribution in [1.82, 2.24) is 10.7 Å². The Morgan fingerprint density at radius 1 is 1.38 bits per heavy atom. The number of aliphatic imine (C=N–C) groups is 1. The Hall–Kier alpha value is -0.810. The Bertz CT molecular complexity index is 202. The summed E-state index contributed by atoms with van der Waals surface area (Å²) in [5.41, 5.74) is 2.63. The van der Waals surface area contributed by atoms with Gasteiger partial charge in [0.1, 0.15) is 0 Å². The highest BCUT2D eigenvalue weighted by Gasteiger charge is 2.15. The number of nitrogens with two attached hydrogens (primary N) is 1. The molecule has 0 aromatic rings. The van der Waals surface area contributed by atoms with Gasteiger partial charge in [0.25, 0.3) is 0 Å². The van der Waals surface area contributed by atoms with Gasteiger partial charge in [-0.3, -0.25) is 10.4 Å². The molecule has 0 heterocycles. The van der Waals surface area contributed by atoms with E-state index < -0.39 is 0 Å². The Kier molecular flexibility index (Phi) is 6.92. The van der Waals surface area contributed by atoms with Crippen LogP contribution in [0.15, 0.2) is 4.99 Å².